The SMILES string of the molecule is COc1cc(OCCO)cc(N(CCCOF)c2ccc3ncc(-c4cnn(C)c4)nc3c2)c1. The third-order valence-corrected chi connectivity index (χ3v) is 5.21. The standard InChI is InChI=1S/C24H26FN5O4/c1-29-16-17(14-27-29)24-15-26-22-5-4-18(12-23(22)28-24)30(6-3-8-34-25)19-10-20(32-2)13-21(11-19)33-9-7-31/h4-5,10-16,31H,3,6-9H2,1-2H3. The molecule has 9 nitrogen and oxygen atoms in total. The molecule has 34 heavy (non-hydrogen) atoms. The molecule has 0 fully saturated rings. The summed E-state index contributed by atoms with van der Waals surface area (Å²) < 4.78 is 25.1. The number of rotatable bonds is 11. The Morgan fingerprint density at radius 1 is 1.03 bits per heavy atom. The van der Waals surface area contributed by atoms with Gasteiger partial charge in [0.15, 0.2) is 0 Å². The van der Waals surface area contributed by atoms with Crippen LogP contribution in [0.25, 0.3) is 22.3 Å². The van der Waals surface area contributed by atoms with Crippen LogP contribution < -0.4 is 14.4 Å². The molecular weight excluding hydrogens is 441 g/mol. The molecule has 0 saturated heterocycles. The lowest BCUT2D eigenvalue weighted by Crippen LogP contribution is -2.20. The van der Waals surface area contributed by atoms with Crippen LogP contribution in [0.15, 0.2) is 55.0 Å². The fourth-order valence-corrected chi connectivity index (χ4v) is 3.62. The molecule has 0 aliphatic carbocycles. The van der Waals surface area contributed by atoms with Crippen molar-refractivity contribution in [2.24, 2.45) is 7.05 Å². The Morgan fingerprint density at radius 3 is 2.62 bits per heavy atom. The van der Waals surface area contributed by atoms with Gasteiger partial charge in [-0.05, 0) is 29.1 Å². The highest BCUT2D eigenvalue weighted by molar-refractivity contribution is 5.82. The number of aryl methyl sites for hydroxylation is 1. The molecule has 0 spiro atoms. The molecule has 0 aliphatic heterocycles. The maximum absolute atomic E-state index is 12.4. The predicted octanol–water partition coefficient (Wildman–Crippen LogP) is 3.84. The molecule has 1 N–H and O–H groups in total. The molecule has 0 aliphatic rings. The van der Waals surface area contributed by atoms with Gasteiger partial charge < -0.3 is 19.5 Å². The monoisotopic (exact) mass is 467 g/mol. The van der Waals surface area contributed by atoms with Gasteiger partial charge in [-0.2, -0.15) is 10.0 Å². The fourth-order valence-electron chi connectivity index (χ4n) is 3.62. The number of aliphatic hydroxyl groups excluding tert-OH is 1. The zero-order chi connectivity index (χ0) is 23.9. The van der Waals surface area contributed by atoms with Crippen LogP contribution in [0.1, 0.15) is 6.42 Å². The minimum absolute atomic E-state index is 0.0348. The van der Waals surface area contributed by atoms with E-state index in [4.69, 9.17) is 19.6 Å². The second-order valence-corrected chi connectivity index (χ2v) is 7.59. The van der Waals surface area contributed by atoms with Crippen LogP contribution in [0, 0.1) is 0 Å². The summed E-state index contributed by atoms with van der Waals surface area (Å²) in [7, 11) is 3.42. The van der Waals surface area contributed by atoms with Gasteiger partial charge in [-0.25, -0.2) is 4.98 Å². The summed E-state index contributed by atoms with van der Waals surface area (Å²) in [4.78, 5) is 15.1. The first-order valence-corrected chi connectivity index (χ1v) is 10.8. The van der Waals surface area contributed by atoms with Crippen molar-refractivity contribution in [3.63, 3.8) is 0 Å². The lowest BCUT2D eigenvalue weighted by atomic mass is 10.1. The van der Waals surface area contributed by atoms with Crippen LogP contribution in [0.3, 0.4) is 0 Å². The summed E-state index contributed by atoms with van der Waals surface area (Å²) in [6.07, 6.45) is 5.79. The van der Waals surface area contributed by atoms with E-state index in [0.717, 1.165) is 28.1 Å². The number of benzene rings is 2. The molecule has 4 rings (SSSR count). The fraction of sp³-hybridized carbons (Fsp3) is 0.292. The highest BCUT2D eigenvalue weighted by Gasteiger charge is 2.15. The topological polar surface area (TPSA) is 94.8 Å². The molecule has 0 radical (unpaired) electrons. The van der Waals surface area contributed by atoms with Crippen molar-refractivity contribution in [1.82, 2.24) is 19.7 Å². The lowest BCUT2D eigenvalue weighted by molar-refractivity contribution is -0.132. The number of hydrogen-bond donors (Lipinski definition) is 1. The summed E-state index contributed by atoms with van der Waals surface area (Å²) in [6, 6.07) is 11.2. The third kappa shape index (κ3) is 5.41. The predicted molar refractivity (Wildman–Crippen MR) is 126 cm³/mol. The van der Waals surface area contributed by atoms with Crippen LogP contribution in [0.5, 0.6) is 11.5 Å². The summed E-state index contributed by atoms with van der Waals surface area (Å²) in [6.45, 7) is 0.488. The Morgan fingerprint density at radius 2 is 1.88 bits per heavy atom. The smallest absolute Gasteiger partial charge is 0.125 e. The highest BCUT2D eigenvalue weighted by atomic mass is 19.3. The maximum Gasteiger partial charge on any atom is 0.125 e. The van der Waals surface area contributed by atoms with Crippen molar-refractivity contribution >= 4 is 22.4 Å². The van der Waals surface area contributed by atoms with Gasteiger partial charge in [-0.1, -0.05) is 0 Å². The first-order valence-electron chi connectivity index (χ1n) is 10.8. The molecule has 2 aromatic carbocycles. The van der Waals surface area contributed by atoms with Gasteiger partial charge in [-0.3, -0.25) is 9.67 Å². The molecule has 10 heteroatoms. The maximum atomic E-state index is 12.4. The van der Waals surface area contributed by atoms with E-state index in [2.05, 4.69) is 15.0 Å². The van der Waals surface area contributed by atoms with E-state index in [1.54, 1.807) is 30.3 Å². The van der Waals surface area contributed by atoms with E-state index in [-0.39, 0.29) is 19.8 Å². The van der Waals surface area contributed by atoms with Crippen molar-refractivity contribution < 1.29 is 24.0 Å². The molecule has 178 valence electrons. The van der Waals surface area contributed by atoms with Crippen LogP contribution in [0.4, 0.5) is 15.9 Å². The average Bonchev–Trinajstić information content (AvgIpc) is 3.30. The molecule has 2 aromatic heterocycles. The normalized spacial score (nSPS) is 11.1. The number of aromatic nitrogens is 4. The Kier molecular flexibility index (Phi) is 7.51. The minimum atomic E-state index is -0.104. The third-order valence-electron chi connectivity index (χ3n) is 5.21. The molecule has 0 bridgehead atoms. The highest BCUT2D eigenvalue weighted by Crippen LogP contribution is 2.34. The van der Waals surface area contributed by atoms with Crippen molar-refractivity contribution in [1.29, 1.82) is 0 Å². The molecule has 0 unspecified atom stereocenters. The number of fused-ring (bicyclic) bond motifs is 1. The van der Waals surface area contributed by atoms with E-state index < -0.39 is 0 Å². The minimum Gasteiger partial charge on any atom is -0.497 e. The van der Waals surface area contributed by atoms with Gasteiger partial charge in [0.1, 0.15) is 18.1 Å². The number of methoxy groups -OCH3 is 1. The van der Waals surface area contributed by atoms with Gasteiger partial charge in [-0.15, -0.1) is 0 Å². The largest absolute Gasteiger partial charge is 0.497 e. The Labute approximate surface area is 196 Å². The number of nitrogens with zero attached hydrogens (tertiary/aromatic N) is 5. The van der Waals surface area contributed by atoms with Crippen molar-refractivity contribution in [3.8, 4) is 22.8 Å². The molecule has 0 amide bonds. The van der Waals surface area contributed by atoms with E-state index in [0.29, 0.717) is 30.0 Å². The summed E-state index contributed by atoms with van der Waals surface area (Å²) in [5.41, 5.74) is 4.67. The molecule has 2 heterocycles. The Hall–Kier alpha value is -3.76. The number of aliphatic hydroxyl groups is 1. The van der Waals surface area contributed by atoms with E-state index >= 15 is 0 Å². The second-order valence-electron chi connectivity index (χ2n) is 7.59. The average molecular weight is 468 g/mol. The van der Waals surface area contributed by atoms with Crippen molar-refractivity contribution in [3.05, 3.63) is 55.0 Å². The first kappa shape index (κ1) is 23.4. The van der Waals surface area contributed by atoms with Crippen LogP contribution in [-0.2, 0) is 12.0 Å². The zero-order valence-electron chi connectivity index (χ0n) is 19.0. The van der Waals surface area contributed by atoms with Crippen LogP contribution >= 0.6 is 0 Å². The summed E-state index contributed by atoms with van der Waals surface area (Å²) in [5, 5.41) is 13.3. The first-order chi connectivity index (χ1) is 16.6. The van der Waals surface area contributed by atoms with Crippen molar-refractivity contribution in [2.75, 3.05) is 38.4 Å². The van der Waals surface area contributed by atoms with Gasteiger partial charge in [0.25, 0.3) is 0 Å². The van der Waals surface area contributed by atoms with Gasteiger partial charge >= 0.3 is 0 Å². The van der Waals surface area contributed by atoms with Crippen molar-refractivity contribution in [2.45, 2.75) is 6.42 Å². The molecular formula is C24H26FN5O4. The van der Waals surface area contributed by atoms with Crippen LogP contribution in [0.2, 0.25) is 0 Å². The lowest BCUT2D eigenvalue weighted by Gasteiger charge is -2.26. The summed E-state index contributed by atoms with van der Waals surface area (Å²) in [5.74, 6) is 1.14. The van der Waals surface area contributed by atoms with Gasteiger partial charge in [0.05, 0.1) is 49.4 Å². The zero-order valence-corrected chi connectivity index (χ0v) is 19.0. The van der Waals surface area contributed by atoms with Gasteiger partial charge in [0, 0.05) is 54.9 Å². The van der Waals surface area contributed by atoms with Crippen LogP contribution in [-0.4, -0.2) is 58.3 Å². The Balaban J connectivity index is 1.75. The number of anilines is 2. The molecule has 4 aromatic rings. The molecule has 0 saturated carbocycles. The number of hydrogen-bond acceptors (Lipinski definition) is 8. The summed E-state index contributed by atoms with van der Waals surface area (Å²) >= 11 is 0. The van der Waals surface area contributed by atoms with E-state index in [1.807, 2.05) is 48.5 Å². The Bertz CT molecular complexity index is 1250. The van der Waals surface area contributed by atoms with E-state index in [1.165, 1.54) is 0 Å². The quantitative estimate of drug-likeness (QED) is 0.333. The van der Waals surface area contributed by atoms with E-state index in [9.17, 15) is 4.53 Å². The molecule has 0 atom stereocenters. The second kappa shape index (κ2) is 10.9. The van der Waals surface area contributed by atoms with Gasteiger partial charge in [0.2, 0.25) is 0 Å². The number of ether oxygens (including phenoxy) is 2. The number of halogens is 1.